The summed E-state index contributed by atoms with van der Waals surface area (Å²) in [5.74, 6) is -3.86. The summed E-state index contributed by atoms with van der Waals surface area (Å²) in [6.45, 7) is 1.05. The normalized spacial score (nSPS) is 10.0. The monoisotopic (exact) mass is 1310 g/mol. The number of amidine groups is 1. The average Bonchev–Trinajstić information content (AvgIpc) is 3.71. The molecule has 0 aliphatic heterocycles. The van der Waals surface area contributed by atoms with E-state index in [2.05, 4.69) is 24.4 Å². The number of hydrogen-bond donors (Lipinski definition) is 2. The number of carboxylic acid groups (broad SMARTS) is 1. The number of benzene rings is 4. The van der Waals surface area contributed by atoms with E-state index in [1.54, 1.807) is 48.5 Å². The second-order valence-corrected chi connectivity index (χ2v) is 17.6. The number of halogens is 8. The first-order chi connectivity index (χ1) is 31.6. The van der Waals surface area contributed by atoms with Gasteiger partial charge in [0.2, 0.25) is 0 Å². The van der Waals surface area contributed by atoms with Crippen molar-refractivity contribution in [1.29, 1.82) is 0 Å². The molecule has 16 nitrogen and oxygen atoms in total. The second kappa shape index (κ2) is 32.7. The number of hydrogen-bond acceptors (Lipinski definition) is 13. The summed E-state index contributed by atoms with van der Waals surface area (Å²) >= 11 is 16.1. The van der Waals surface area contributed by atoms with Crippen LogP contribution in [0.1, 0.15) is 25.0 Å². The third kappa shape index (κ3) is 24.3. The molecular weight excluding hydrogens is 1280 g/mol. The molecule has 0 aliphatic rings. The second-order valence-electron chi connectivity index (χ2n) is 12.7. The molecule has 0 aliphatic carbocycles. The number of aliphatic carboxylic acids is 1. The summed E-state index contributed by atoms with van der Waals surface area (Å²) in [5.41, 5.74) is 8.20. The van der Waals surface area contributed by atoms with E-state index in [0.29, 0.717) is 33.5 Å². The minimum absolute atomic E-state index is 0. The number of aromatic amines is 1. The number of carbonyl (C=O) groups is 2. The Morgan fingerprint density at radius 2 is 1.20 bits per heavy atom. The number of rotatable bonds is 9. The van der Waals surface area contributed by atoms with Crippen LogP contribution < -0.4 is 170 Å². The summed E-state index contributed by atoms with van der Waals surface area (Å²) in [6, 6.07) is 25.4. The summed E-state index contributed by atoms with van der Waals surface area (Å²) in [7, 11) is 5.65. The van der Waals surface area contributed by atoms with E-state index in [1.165, 1.54) is 33.6 Å². The summed E-state index contributed by atoms with van der Waals surface area (Å²) in [4.78, 5) is 58.0. The van der Waals surface area contributed by atoms with Crippen molar-refractivity contribution in [3.8, 4) is 33.9 Å². The van der Waals surface area contributed by atoms with E-state index >= 15 is 0 Å². The molecule has 69 heavy (non-hydrogen) atoms. The predicted octanol–water partition coefficient (Wildman–Crippen LogP) is 0.0726. The summed E-state index contributed by atoms with van der Waals surface area (Å²) in [5, 5.41) is 35.1. The van der Waals surface area contributed by atoms with E-state index in [-0.39, 0.29) is 203 Å². The smallest absolute Gasteiger partial charge is 1.00 e. The number of H-pyrrole nitrogens is 1. The standard InChI is InChI=1S/C19H12F2N4O2S.C18H13F2N4O.C2H4O2.CCl4S.CH2O3.2Cs.H/c20-14-7-13(8-15(21)9-14)16-4-5-17(26)25(23-16)10-11-2-1-3-12(6-11)18-22-19(27)28-24-18;19-14-7-13(8-15(20)9-14)16-4-5-17(25)24(23-16)10-11-2-1-3-12(6-11)18(21)22;1-2(3)4;2-1(3,4)6-5;2-1-4-3;;;/h1-9H,10H2,(H,22,24,27);1-9H,10H2,(H2-,21,22);1H3,(H,3,4);;1,3H;;;/q;-1;;;;2*+1;-1/p-2. The molecular formula is C41H30Cl4Cs2F4N8O8S2-2. The van der Waals surface area contributed by atoms with Gasteiger partial charge in [0.25, 0.3) is 20.7 Å². The summed E-state index contributed by atoms with van der Waals surface area (Å²) in [6.07, 6.45) is 0. The Bertz CT molecular complexity index is 2970. The van der Waals surface area contributed by atoms with Crippen molar-refractivity contribution in [3.63, 3.8) is 0 Å². The predicted molar refractivity (Wildman–Crippen MR) is 245 cm³/mol. The first-order valence-electron chi connectivity index (χ1n) is 18.0. The minimum Gasteiger partial charge on any atom is -1.00 e. The SMILES string of the molecule is CC(=O)[O-].ClSC(Cl)(Cl)Cl.O=CO[O-].O=c1[nH]c(-c2cccc(Cn3nc(-c4cc(F)cc(F)c4)ccc3=O)c2)ns1.[Cs+].[Cs+].[H-].[N-]=C(N)c1cccc(Cn2nc(-c3cc(F)cc(F)c3)ccc2=O)c1. The Kier molecular flexibility index (Phi) is 30.7. The number of nitrogens with two attached hydrogens (primary N) is 1. The molecule has 0 atom stereocenters. The van der Waals surface area contributed by atoms with Gasteiger partial charge in [-0.1, -0.05) is 83.1 Å². The Labute approximate surface area is 535 Å². The van der Waals surface area contributed by atoms with E-state index in [1.807, 2.05) is 0 Å². The number of nitrogens with zero attached hydrogens (tertiary/aromatic N) is 6. The van der Waals surface area contributed by atoms with Crippen LogP contribution in [0.3, 0.4) is 0 Å². The molecule has 0 amide bonds. The van der Waals surface area contributed by atoms with Crippen LogP contribution in [-0.4, -0.2) is 50.3 Å². The molecule has 0 unspecified atom stereocenters. The number of nitrogens with one attached hydrogen (secondary N) is 1. The first kappa shape index (κ1) is 64.7. The first-order valence-corrected chi connectivity index (χ1v) is 21.6. The van der Waals surface area contributed by atoms with Crippen LogP contribution >= 0.6 is 68.0 Å². The zero-order valence-corrected chi connectivity index (χ0v) is 53.0. The van der Waals surface area contributed by atoms with Crippen LogP contribution in [0.25, 0.3) is 39.3 Å². The molecule has 7 aromatic rings. The van der Waals surface area contributed by atoms with Crippen molar-refractivity contribution in [2.75, 3.05) is 0 Å². The maximum atomic E-state index is 13.5. The van der Waals surface area contributed by atoms with Crippen molar-refractivity contribution in [1.82, 2.24) is 28.9 Å². The maximum absolute atomic E-state index is 13.5. The van der Waals surface area contributed by atoms with E-state index in [9.17, 15) is 37.4 Å². The molecule has 7 rings (SSSR count). The van der Waals surface area contributed by atoms with Gasteiger partial charge >= 0.3 is 143 Å². The molecule has 0 spiro atoms. The van der Waals surface area contributed by atoms with Crippen molar-refractivity contribution in [2.45, 2.75) is 23.1 Å². The molecule has 28 heteroatoms. The van der Waals surface area contributed by atoms with E-state index in [4.69, 9.17) is 71.2 Å². The summed E-state index contributed by atoms with van der Waals surface area (Å²) < 4.78 is 58.8. The zero-order chi connectivity index (χ0) is 49.8. The molecule has 0 saturated carbocycles. The molecule has 0 fully saturated rings. The van der Waals surface area contributed by atoms with Gasteiger partial charge in [-0.25, -0.2) is 26.9 Å². The van der Waals surface area contributed by atoms with E-state index in [0.717, 1.165) is 60.4 Å². The van der Waals surface area contributed by atoms with Gasteiger partial charge in [-0.15, -0.1) is 0 Å². The number of alkyl halides is 3. The number of aromatic nitrogens is 6. The van der Waals surface area contributed by atoms with Crippen molar-refractivity contribution in [3.05, 3.63) is 185 Å². The molecule has 354 valence electrons. The molecule has 4 aromatic carbocycles. The van der Waals surface area contributed by atoms with Gasteiger partial charge in [-0.3, -0.25) is 24.2 Å². The zero-order valence-electron chi connectivity index (χ0n) is 36.8. The largest absolute Gasteiger partial charge is 1.00 e. The van der Waals surface area contributed by atoms with Gasteiger partial charge in [0, 0.05) is 69.4 Å². The van der Waals surface area contributed by atoms with Crippen LogP contribution in [0.5, 0.6) is 0 Å². The molecule has 0 radical (unpaired) electrons. The van der Waals surface area contributed by atoms with Gasteiger partial charge in [0.05, 0.1) is 24.5 Å². The van der Waals surface area contributed by atoms with Crippen LogP contribution in [0.2, 0.25) is 0 Å². The van der Waals surface area contributed by atoms with Crippen LogP contribution in [-0.2, 0) is 27.6 Å². The van der Waals surface area contributed by atoms with Gasteiger partial charge in [-0.05, 0) is 76.8 Å². The van der Waals surface area contributed by atoms with Crippen LogP contribution in [0.4, 0.5) is 17.6 Å². The molecule has 3 N–H and O–H groups in total. The fraction of sp³-hybridized carbons (Fsp3) is 0.0976. The maximum Gasteiger partial charge on any atom is 1.00 e. The minimum atomic E-state index is -1.36. The Balaban J connectivity index is 0.00000104. The van der Waals surface area contributed by atoms with Gasteiger partial charge < -0.3 is 32.6 Å². The fourth-order valence-corrected chi connectivity index (χ4v) is 5.65. The topological polar surface area (TPSA) is 253 Å². The van der Waals surface area contributed by atoms with Crippen molar-refractivity contribution in [2.24, 2.45) is 5.73 Å². The van der Waals surface area contributed by atoms with E-state index < -0.39 is 32.4 Å². The quantitative estimate of drug-likeness (QED) is 0.0370. The molecule has 0 saturated heterocycles. The average molecular weight is 1310 g/mol. The van der Waals surface area contributed by atoms with Gasteiger partial charge in [-0.2, -0.15) is 14.6 Å². The fourth-order valence-electron chi connectivity index (χ4n) is 5.18. The molecule has 0 bridgehead atoms. The third-order valence-corrected chi connectivity index (χ3v) is 10.5. The van der Waals surface area contributed by atoms with Gasteiger partial charge in [0.1, 0.15) is 23.3 Å². The molecule has 3 heterocycles. The molecule has 3 aromatic heterocycles. The van der Waals surface area contributed by atoms with Crippen LogP contribution in [0.15, 0.2) is 124 Å². The Morgan fingerprint density at radius 1 is 0.797 bits per heavy atom. The van der Waals surface area contributed by atoms with Crippen molar-refractivity contribution >= 4 is 86.3 Å². The Hall–Kier alpha value is -2.30. The number of carbonyl (C=O) groups excluding carboxylic acids is 2. The van der Waals surface area contributed by atoms with Crippen molar-refractivity contribution < 1.29 is 182 Å². The third-order valence-electron chi connectivity index (χ3n) is 7.70. The Morgan fingerprint density at radius 3 is 1.57 bits per heavy atom. The van der Waals surface area contributed by atoms with Gasteiger partial charge in [0.15, 0.2) is 5.82 Å². The van der Waals surface area contributed by atoms with Crippen LogP contribution in [0, 0.1) is 23.3 Å². The number of carboxylic acids is 1.